The SMILES string of the molecule is N[C@@H]1CCN(CCC(=O)Nc2cc(Cl)ccc2Cl)C1. The summed E-state index contributed by atoms with van der Waals surface area (Å²) < 4.78 is 0. The van der Waals surface area contributed by atoms with Gasteiger partial charge < -0.3 is 16.0 Å². The summed E-state index contributed by atoms with van der Waals surface area (Å²) in [5.74, 6) is -0.0651. The third kappa shape index (κ3) is 4.35. The summed E-state index contributed by atoms with van der Waals surface area (Å²) in [6.45, 7) is 2.55. The molecule has 1 saturated heterocycles. The lowest BCUT2D eigenvalue weighted by Crippen LogP contribution is -2.29. The van der Waals surface area contributed by atoms with Gasteiger partial charge in [-0.3, -0.25) is 4.79 Å². The second kappa shape index (κ2) is 6.57. The highest BCUT2D eigenvalue weighted by Crippen LogP contribution is 2.25. The molecule has 0 aliphatic carbocycles. The predicted molar refractivity (Wildman–Crippen MR) is 78.7 cm³/mol. The Balaban J connectivity index is 1.82. The van der Waals surface area contributed by atoms with Gasteiger partial charge in [0.2, 0.25) is 5.91 Å². The van der Waals surface area contributed by atoms with Crippen molar-refractivity contribution >= 4 is 34.8 Å². The molecule has 3 N–H and O–H groups in total. The Hall–Kier alpha value is -0.810. The maximum atomic E-state index is 11.8. The third-order valence-electron chi connectivity index (χ3n) is 3.17. The summed E-state index contributed by atoms with van der Waals surface area (Å²) in [7, 11) is 0. The number of amides is 1. The number of benzene rings is 1. The molecule has 1 aliphatic heterocycles. The summed E-state index contributed by atoms with van der Waals surface area (Å²) in [4.78, 5) is 14.0. The summed E-state index contributed by atoms with van der Waals surface area (Å²) in [6, 6.07) is 5.24. The van der Waals surface area contributed by atoms with E-state index in [1.165, 1.54) is 0 Å². The van der Waals surface area contributed by atoms with Crippen molar-refractivity contribution in [2.45, 2.75) is 18.9 Å². The zero-order valence-electron chi connectivity index (χ0n) is 10.5. The van der Waals surface area contributed by atoms with E-state index in [1.54, 1.807) is 18.2 Å². The van der Waals surface area contributed by atoms with Crippen molar-refractivity contribution in [2.75, 3.05) is 25.0 Å². The fraction of sp³-hybridized carbons (Fsp3) is 0.462. The number of halogens is 2. The number of carbonyl (C=O) groups excluding carboxylic acids is 1. The molecule has 6 heteroatoms. The molecule has 19 heavy (non-hydrogen) atoms. The average Bonchev–Trinajstić information content (AvgIpc) is 2.77. The number of nitrogens with two attached hydrogens (primary N) is 1. The van der Waals surface area contributed by atoms with Crippen LogP contribution in [-0.2, 0) is 4.79 Å². The molecule has 0 spiro atoms. The van der Waals surface area contributed by atoms with Crippen LogP contribution < -0.4 is 11.1 Å². The molecule has 0 bridgehead atoms. The van der Waals surface area contributed by atoms with Crippen LogP contribution in [0.25, 0.3) is 0 Å². The van der Waals surface area contributed by atoms with Crippen LogP contribution in [0.5, 0.6) is 0 Å². The lowest BCUT2D eigenvalue weighted by molar-refractivity contribution is -0.116. The van der Waals surface area contributed by atoms with Gasteiger partial charge in [0.05, 0.1) is 10.7 Å². The molecule has 2 rings (SSSR count). The Morgan fingerprint density at radius 2 is 2.26 bits per heavy atom. The van der Waals surface area contributed by atoms with Crippen LogP contribution in [0.3, 0.4) is 0 Å². The predicted octanol–water partition coefficient (Wildman–Crippen LogP) is 2.36. The number of carbonyl (C=O) groups is 1. The zero-order chi connectivity index (χ0) is 13.8. The van der Waals surface area contributed by atoms with Gasteiger partial charge in [-0.1, -0.05) is 23.2 Å². The Morgan fingerprint density at radius 3 is 2.95 bits per heavy atom. The fourth-order valence-electron chi connectivity index (χ4n) is 2.13. The first-order valence-electron chi connectivity index (χ1n) is 6.27. The smallest absolute Gasteiger partial charge is 0.225 e. The first kappa shape index (κ1) is 14.6. The van der Waals surface area contributed by atoms with Gasteiger partial charge in [0.1, 0.15) is 0 Å². The van der Waals surface area contributed by atoms with Gasteiger partial charge in [0, 0.05) is 30.6 Å². The molecule has 1 aromatic rings. The molecule has 0 radical (unpaired) electrons. The fourth-order valence-corrected chi connectivity index (χ4v) is 2.47. The van der Waals surface area contributed by atoms with E-state index >= 15 is 0 Å². The van der Waals surface area contributed by atoms with Gasteiger partial charge in [0.15, 0.2) is 0 Å². The monoisotopic (exact) mass is 301 g/mol. The van der Waals surface area contributed by atoms with E-state index < -0.39 is 0 Å². The van der Waals surface area contributed by atoms with Crippen molar-refractivity contribution in [1.29, 1.82) is 0 Å². The molecule has 104 valence electrons. The van der Waals surface area contributed by atoms with E-state index in [1.807, 2.05) is 0 Å². The molecule has 1 aliphatic rings. The lowest BCUT2D eigenvalue weighted by Gasteiger charge is -2.15. The van der Waals surface area contributed by atoms with Crippen molar-refractivity contribution in [3.63, 3.8) is 0 Å². The Kier molecular flexibility index (Phi) is 5.05. The second-order valence-corrected chi connectivity index (χ2v) is 5.62. The van der Waals surface area contributed by atoms with E-state index in [0.717, 1.165) is 26.1 Å². The molecule has 0 saturated carbocycles. The quantitative estimate of drug-likeness (QED) is 0.897. The van der Waals surface area contributed by atoms with Gasteiger partial charge in [-0.2, -0.15) is 0 Å². The highest BCUT2D eigenvalue weighted by Gasteiger charge is 2.19. The first-order valence-corrected chi connectivity index (χ1v) is 7.03. The maximum Gasteiger partial charge on any atom is 0.225 e. The summed E-state index contributed by atoms with van der Waals surface area (Å²) >= 11 is 11.9. The minimum absolute atomic E-state index is 0.0651. The number of rotatable bonds is 4. The number of likely N-dealkylation sites (tertiary alicyclic amines) is 1. The minimum Gasteiger partial charge on any atom is -0.326 e. The molecule has 1 amide bonds. The Bertz CT molecular complexity index is 467. The standard InChI is InChI=1S/C13H17Cl2N3O/c14-9-1-2-11(15)12(7-9)17-13(19)4-6-18-5-3-10(16)8-18/h1-2,7,10H,3-6,8,16H2,(H,17,19)/t10-/m1/s1. The highest BCUT2D eigenvalue weighted by molar-refractivity contribution is 6.35. The van der Waals surface area contributed by atoms with Crippen LogP contribution in [0.4, 0.5) is 5.69 Å². The van der Waals surface area contributed by atoms with Gasteiger partial charge in [0.25, 0.3) is 0 Å². The molecule has 1 aromatic carbocycles. The highest BCUT2D eigenvalue weighted by atomic mass is 35.5. The van der Waals surface area contributed by atoms with E-state index in [4.69, 9.17) is 28.9 Å². The van der Waals surface area contributed by atoms with Crippen molar-refractivity contribution in [2.24, 2.45) is 5.73 Å². The molecule has 1 heterocycles. The van der Waals surface area contributed by atoms with E-state index in [-0.39, 0.29) is 11.9 Å². The minimum atomic E-state index is -0.0651. The van der Waals surface area contributed by atoms with Gasteiger partial charge in [-0.05, 0) is 31.2 Å². The van der Waals surface area contributed by atoms with Crippen molar-refractivity contribution in [3.8, 4) is 0 Å². The normalized spacial score (nSPS) is 19.6. The molecule has 0 aromatic heterocycles. The molecule has 4 nitrogen and oxygen atoms in total. The van der Waals surface area contributed by atoms with Gasteiger partial charge in [-0.15, -0.1) is 0 Å². The van der Waals surface area contributed by atoms with Crippen molar-refractivity contribution in [3.05, 3.63) is 28.2 Å². The van der Waals surface area contributed by atoms with Crippen LogP contribution in [0.15, 0.2) is 18.2 Å². The maximum absolute atomic E-state index is 11.8. The Labute approximate surface area is 122 Å². The summed E-state index contributed by atoms with van der Waals surface area (Å²) in [5, 5.41) is 3.81. The first-order chi connectivity index (χ1) is 9.04. The van der Waals surface area contributed by atoms with Crippen LogP contribution in [-0.4, -0.2) is 36.5 Å². The van der Waals surface area contributed by atoms with Crippen LogP contribution >= 0.6 is 23.2 Å². The molecule has 1 fully saturated rings. The van der Waals surface area contributed by atoms with Crippen molar-refractivity contribution in [1.82, 2.24) is 4.90 Å². The topological polar surface area (TPSA) is 58.4 Å². The lowest BCUT2D eigenvalue weighted by atomic mass is 10.3. The molecule has 1 atom stereocenters. The van der Waals surface area contributed by atoms with Crippen LogP contribution in [0.1, 0.15) is 12.8 Å². The number of hydrogen-bond acceptors (Lipinski definition) is 3. The third-order valence-corrected chi connectivity index (χ3v) is 3.73. The molecular formula is C13H17Cl2N3O. The number of hydrogen-bond donors (Lipinski definition) is 2. The van der Waals surface area contributed by atoms with Crippen LogP contribution in [0.2, 0.25) is 10.0 Å². The van der Waals surface area contributed by atoms with E-state index in [0.29, 0.717) is 22.2 Å². The van der Waals surface area contributed by atoms with Gasteiger partial charge >= 0.3 is 0 Å². The summed E-state index contributed by atoms with van der Waals surface area (Å²) in [6.07, 6.45) is 1.43. The average molecular weight is 302 g/mol. The van der Waals surface area contributed by atoms with E-state index in [2.05, 4.69) is 10.2 Å². The van der Waals surface area contributed by atoms with Gasteiger partial charge in [-0.25, -0.2) is 0 Å². The van der Waals surface area contributed by atoms with Crippen molar-refractivity contribution < 1.29 is 4.79 Å². The van der Waals surface area contributed by atoms with E-state index in [9.17, 15) is 4.79 Å². The molecule has 0 unspecified atom stereocenters. The Morgan fingerprint density at radius 1 is 1.47 bits per heavy atom. The summed E-state index contributed by atoms with van der Waals surface area (Å²) in [5.41, 5.74) is 6.37. The molecular weight excluding hydrogens is 285 g/mol. The largest absolute Gasteiger partial charge is 0.326 e. The second-order valence-electron chi connectivity index (χ2n) is 4.77. The number of nitrogens with one attached hydrogen (secondary N) is 1. The van der Waals surface area contributed by atoms with Crippen LogP contribution in [0, 0.1) is 0 Å². The zero-order valence-corrected chi connectivity index (χ0v) is 12.0. The number of nitrogens with zero attached hydrogens (tertiary/aromatic N) is 1. The number of anilines is 1.